The number of amides is 2. The Morgan fingerprint density at radius 1 is 0.931 bits per heavy atom. The van der Waals surface area contributed by atoms with Crippen molar-refractivity contribution in [1.82, 2.24) is 10.0 Å². The van der Waals surface area contributed by atoms with Crippen molar-refractivity contribution in [2.45, 2.75) is 37.2 Å². The van der Waals surface area contributed by atoms with Crippen LogP contribution in [-0.2, 0) is 19.2 Å². The molecule has 0 aromatic carbocycles. The molecule has 0 spiro atoms. The largest absolute Gasteiger partial charge is 0.289 e. The van der Waals surface area contributed by atoms with Crippen molar-refractivity contribution in [3.05, 3.63) is 21.5 Å². The first kappa shape index (κ1) is 21.2. The van der Waals surface area contributed by atoms with Crippen molar-refractivity contribution >= 4 is 46.9 Å². The molecule has 0 saturated carbocycles. The van der Waals surface area contributed by atoms with Gasteiger partial charge in [-0.2, -0.15) is 10.5 Å². The number of Topliss-reactive ketones (excluding diaryl/α,β-unsaturated/α-hetero) is 1. The lowest BCUT2D eigenvalue weighted by Gasteiger charge is -2.27. The Balaban J connectivity index is 1.79. The summed E-state index contributed by atoms with van der Waals surface area (Å²) in [6.07, 6.45) is 2.65. The van der Waals surface area contributed by atoms with Crippen molar-refractivity contribution in [1.29, 1.82) is 10.5 Å². The summed E-state index contributed by atoms with van der Waals surface area (Å²) in [6, 6.07) is 4.04. The summed E-state index contributed by atoms with van der Waals surface area (Å²) in [7, 11) is 0. The zero-order chi connectivity index (χ0) is 21.1. The molecule has 1 aliphatic carbocycles. The molecule has 0 aromatic rings. The van der Waals surface area contributed by atoms with Crippen molar-refractivity contribution in [3.63, 3.8) is 0 Å². The first-order valence-electron chi connectivity index (χ1n) is 9.12. The van der Waals surface area contributed by atoms with Crippen molar-refractivity contribution in [3.8, 4) is 12.1 Å². The van der Waals surface area contributed by atoms with Gasteiger partial charge in [0, 0.05) is 31.5 Å². The zero-order valence-corrected chi connectivity index (χ0v) is 17.3. The second-order valence-corrected chi connectivity index (χ2v) is 9.31. The van der Waals surface area contributed by atoms with Crippen molar-refractivity contribution < 1.29 is 19.2 Å². The van der Waals surface area contributed by atoms with E-state index in [1.165, 1.54) is 16.1 Å². The molecule has 3 rings (SSSR count). The maximum absolute atomic E-state index is 13.1. The third-order valence-electron chi connectivity index (χ3n) is 4.73. The van der Waals surface area contributed by atoms with E-state index >= 15 is 0 Å². The Labute approximate surface area is 176 Å². The molecule has 1 unspecified atom stereocenters. The molecule has 0 aromatic heterocycles. The fourth-order valence-corrected chi connectivity index (χ4v) is 6.42. The van der Waals surface area contributed by atoms with E-state index in [9.17, 15) is 19.2 Å². The minimum atomic E-state index is -1.01. The number of allylic oxidation sites excluding steroid dienone is 4. The predicted octanol–water partition coefficient (Wildman–Crippen LogP) is 1.91. The molecule has 1 atom stereocenters. The number of carbonyl (C=O) groups excluding carboxylic acids is 4. The van der Waals surface area contributed by atoms with E-state index in [4.69, 9.17) is 10.5 Å². The van der Waals surface area contributed by atoms with Gasteiger partial charge in [0.1, 0.15) is 5.92 Å². The summed E-state index contributed by atoms with van der Waals surface area (Å²) in [4.78, 5) is 51.4. The minimum absolute atomic E-state index is 0.231. The Bertz CT molecular complexity index is 889. The summed E-state index contributed by atoms with van der Waals surface area (Å²) in [5.41, 5.74) is 0.350. The lowest BCUT2D eigenvalue weighted by Crippen LogP contribution is -2.42. The average molecular weight is 431 g/mol. The fraction of sp³-hybridized carbons (Fsp3) is 0.474. The fourth-order valence-electron chi connectivity index (χ4n) is 3.31. The lowest BCUT2D eigenvalue weighted by atomic mass is 10.1. The van der Waals surface area contributed by atoms with E-state index < -0.39 is 10.5 Å². The van der Waals surface area contributed by atoms with E-state index in [0.29, 0.717) is 28.2 Å². The van der Waals surface area contributed by atoms with E-state index in [2.05, 4.69) is 0 Å². The van der Waals surface area contributed by atoms with Crippen LogP contribution in [0, 0.1) is 28.6 Å². The number of carbonyl (C=O) groups is 4. The number of nitriles is 2. The molecule has 0 N–H and O–H groups in total. The Morgan fingerprint density at radius 3 is 1.97 bits per heavy atom. The molecular weight excluding hydrogens is 412 g/mol. The summed E-state index contributed by atoms with van der Waals surface area (Å²) in [5, 5.41) is 20.2. The van der Waals surface area contributed by atoms with Crippen LogP contribution < -0.4 is 0 Å². The monoisotopic (exact) mass is 430 g/mol. The molecule has 1 fully saturated rings. The summed E-state index contributed by atoms with van der Waals surface area (Å²) in [5.74, 6) is -2.31. The standard InChI is InChI=1S/C19H18N4O4S2/c1-11-10-12(24)15-16(14(11)25)29-19(28-15)13-17(26)22(8-4-2-6-20)23(18(13)27)9-5-3-7-21/h10,13,19H,2-5,8-9H2,1H3. The van der Waals surface area contributed by atoms with Crippen LogP contribution in [0.2, 0.25) is 0 Å². The minimum Gasteiger partial charge on any atom is -0.289 e. The first-order chi connectivity index (χ1) is 13.9. The van der Waals surface area contributed by atoms with E-state index in [0.717, 1.165) is 23.5 Å². The molecular formula is C19H18N4O4S2. The molecule has 150 valence electrons. The van der Waals surface area contributed by atoms with Crippen LogP contribution in [0.4, 0.5) is 0 Å². The van der Waals surface area contributed by atoms with Crippen LogP contribution in [0.15, 0.2) is 21.5 Å². The van der Waals surface area contributed by atoms with Gasteiger partial charge in [0.05, 0.1) is 26.5 Å². The van der Waals surface area contributed by atoms with Crippen LogP contribution in [-0.4, -0.2) is 51.1 Å². The van der Waals surface area contributed by atoms with Gasteiger partial charge in [0.15, 0.2) is 11.6 Å². The lowest BCUT2D eigenvalue weighted by molar-refractivity contribution is -0.146. The van der Waals surface area contributed by atoms with Crippen molar-refractivity contribution in [2.24, 2.45) is 5.92 Å². The maximum Gasteiger partial charge on any atom is 0.255 e. The molecule has 2 aliphatic heterocycles. The van der Waals surface area contributed by atoms with Gasteiger partial charge in [-0.1, -0.05) is 0 Å². The molecule has 2 amide bonds. The van der Waals surface area contributed by atoms with Gasteiger partial charge in [0.2, 0.25) is 0 Å². The highest BCUT2D eigenvalue weighted by Gasteiger charge is 2.52. The first-order valence-corrected chi connectivity index (χ1v) is 10.9. The van der Waals surface area contributed by atoms with Gasteiger partial charge in [-0.3, -0.25) is 29.2 Å². The number of rotatable bonds is 7. The number of unbranched alkanes of at least 4 members (excludes halogenated alkanes) is 2. The molecule has 2 heterocycles. The second kappa shape index (κ2) is 8.85. The molecule has 1 saturated heterocycles. The van der Waals surface area contributed by atoms with E-state index in [1.54, 1.807) is 6.92 Å². The zero-order valence-electron chi connectivity index (χ0n) is 15.7. The molecule has 8 nitrogen and oxygen atoms in total. The third-order valence-corrected chi connectivity index (χ3v) is 7.71. The molecule has 29 heavy (non-hydrogen) atoms. The Kier molecular flexibility index (Phi) is 6.46. The highest BCUT2D eigenvalue weighted by atomic mass is 32.2. The van der Waals surface area contributed by atoms with Crippen LogP contribution in [0.3, 0.4) is 0 Å². The highest BCUT2D eigenvalue weighted by molar-refractivity contribution is 8.24. The van der Waals surface area contributed by atoms with Crippen LogP contribution in [0.5, 0.6) is 0 Å². The number of thioether (sulfide) groups is 2. The second-order valence-electron chi connectivity index (χ2n) is 6.71. The SMILES string of the molecule is CC1=CC(=O)C2=C(SC(C3C(=O)N(CCCC#N)N(CCCC#N)C3=O)S2)C1=O. The van der Waals surface area contributed by atoms with Crippen LogP contribution in [0.1, 0.15) is 32.6 Å². The van der Waals surface area contributed by atoms with Gasteiger partial charge in [-0.05, 0) is 25.8 Å². The molecule has 0 bridgehead atoms. The highest BCUT2D eigenvalue weighted by Crippen LogP contribution is 2.53. The third kappa shape index (κ3) is 3.96. The topological polar surface area (TPSA) is 122 Å². The van der Waals surface area contributed by atoms with E-state index in [1.807, 2.05) is 12.1 Å². The Hall–Kier alpha value is -2.56. The summed E-state index contributed by atoms with van der Waals surface area (Å²) in [6.45, 7) is 2.03. The molecule has 3 aliphatic rings. The number of hydrazine groups is 1. The number of ketones is 2. The van der Waals surface area contributed by atoms with Gasteiger partial charge >= 0.3 is 0 Å². The number of hydrogen-bond donors (Lipinski definition) is 0. The van der Waals surface area contributed by atoms with Gasteiger partial charge in [0.25, 0.3) is 11.8 Å². The quantitative estimate of drug-likeness (QED) is 0.341. The molecule has 10 heteroatoms. The van der Waals surface area contributed by atoms with Crippen LogP contribution >= 0.6 is 23.5 Å². The van der Waals surface area contributed by atoms with Crippen molar-refractivity contribution in [2.75, 3.05) is 13.1 Å². The van der Waals surface area contributed by atoms with Gasteiger partial charge in [-0.25, -0.2) is 0 Å². The smallest absolute Gasteiger partial charge is 0.255 e. The molecule has 0 radical (unpaired) electrons. The van der Waals surface area contributed by atoms with Crippen LogP contribution in [0.25, 0.3) is 0 Å². The van der Waals surface area contributed by atoms with E-state index in [-0.39, 0.29) is 49.3 Å². The summed E-state index contributed by atoms with van der Waals surface area (Å²) >= 11 is 2.21. The maximum atomic E-state index is 13.1. The van der Waals surface area contributed by atoms with Gasteiger partial charge < -0.3 is 0 Å². The summed E-state index contributed by atoms with van der Waals surface area (Å²) < 4.78 is -0.591. The predicted molar refractivity (Wildman–Crippen MR) is 106 cm³/mol. The Morgan fingerprint density at radius 2 is 1.45 bits per heavy atom. The number of hydrogen-bond acceptors (Lipinski definition) is 8. The average Bonchev–Trinajstić information content (AvgIpc) is 3.22. The normalized spacial score (nSPS) is 22.2. The van der Waals surface area contributed by atoms with Gasteiger partial charge in [-0.15, -0.1) is 23.5 Å². The number of nitrogens with zero attached hydrogens (tertiary/aromatic N) is 4.